The summed E-state index contributed by atoms with van der Waals surface area (Å²) in [6.07, 6.45) is 1.57. The summed E-state index contributed by atoms with van der Waals surface area (Å²) in [5, 5.41) is 24.6. The molecule has 2 aliphatic rings. The summed E-state index contributed by atoms with van der Waals surface area (Å²) in [5.41, 5.74) is 0.740. The second-order valence-corrected chi connectivity index (χ2v) is 11.7. The van der Waals surface area contributed by atoms with Crippen LogP contribution in [-0.2, 0) is 19.1 Å². The van der Waals surface area contributed by atoms with Crippen molar-refractivity contribution < 1.29 is 29.3 Å². The van der Waals surface area contributed by atoms with E-state index in [1.54, 1.807) is 32.1 Å². The maximum Gasteiger partial charge on any atom is 0.308 e. The van der Waals surface area contributed by atoms with E-state index in [-0.39, 0.29) is 30.3 Å². The molecule has 190 valence electrons. The molecule has 0 bridgehead atoms. The van der Waals surface area contributed by atoms with Crippen LogP contribution in [0.25, 0.3) is 6.08 Å². The molecular formula is C26H39NO6S. The van der Waals surface area contributed by atoms with E-state index in [0.29, 0.717) is 12.8 Å². The molecule has 2 aliphatic heterocycles. The number of aromatic nitrogens is 1. The zero-order valence-corrected chi connectivity index (χ0v) is 21.9. The highest BCUT2D eigenvalue weighted by Gasteiger charge is 2.44. The monoisotopic (exact) mass is 493 g/mol. The van der Waals surface area contributed by atoms with E-state index in [4.69, 9.17) is 9.47 Å². The van der Waals surface area contributed by atoms with Crippen molar-refractivity contribution in [1.82, 2.24) is 4.98 Å². The number of ether oxygens (including phenoxy) is 2. The average molecular weight is 494 g/mol. The van der Waals surface area contributed by atoms with Crippen molar-refractivity contribution in [3.8, 4) is 0 Å². The van der Waals surface area contributed by atoms with Gasteiger partial charge in [-0.3, -0.25) is 9.59 Å². The van der Waals surface area contributed by atoms with Gasteiger partial charge in [-0.2, -0.15) is 0 Å². The zero-order valence-electron chi connectivity index (χ0n) is 21.1. The Kier molecular flexibility index (Phi) is 8.71. The van der Waals surface area contributed by atoms with Crippen LogP contribution in [0.1, 0.15) is 77.4 Å². The molecule has 0 radical (unpaired) electrons. The van der Waals surface area contributed by atoms with Crippen LogP contribution in [0.4, 0.5) is 0 Å². The van der Waals surface area contributed by atoms with E-state index in [0.717, 1.165) is 29.1 Å². The first-order valence-electron chi connectivity index (χ1n) is 12.3. The molecule has 1 aromatic heterocycles. The van der Waals surface area contributed by atoms with Gasteiger partial charge in [-0.25, -0.2) is 4.98 Å². The Morgan fingerprint density at radius 2 is 1.91 bits per heavy atom. The van der Waals surface area contributed by atoms with Crippen LogP contribution in [0, 0.1) is 24.2 Å². The third-order valence-electron chi connectivity index (χ3n) is 7.49. The van der Waals surface area contributed by atoms with Gasteiger partial charge in [-0.1, -0.05) is 34.1 Å². The minimum atomic E-state index is -1.20. The summed E-state index contributed by atoms with van der Waals surface area (Å²) in [4.78, 5) is 30.3. The number of Topliss-reactive ketones (excluding diaryl/α,β-unsaturated/α-hetero) is 1. The number of ketones is 1. The number of rotatable bonds is 2. The molecular weight excluding hydrogens is 454 g/mol. The lowest BCUT2D eigenvalue weighted by molar-refractivity contribution is -0.158. The molecule has 34 heavy (non-hydrogen) atoms. The molecule has 0 aliphatic carbocycles. The Labute approximate surface area is 206 Å². The maximum absolute atomic E-state index is 13.1. The molecule has 1 aromatic rings. The van der Waals surface area contributed by atoms with Crippen LogP contribution < -0.4 is 0 Å². The first-order chi connectivity index (χ1) is 15.9. The fraction of sp³-hybridized carbons (Fsp3) is 0.731. The quantitative estimate of drug-likeness (QED) is 0.598. The lowest BCUT2D eigenvalue weighted by Crippen LogP contribution is -2.46. The number of carbonyl (C=O) groups excluding carboxylic acids is 2. The molecule has 3 heterocycles. The molecule has 7 atom stereocenters. The summed E-state index contributed by atoms with van der Waals surface area (Å²) in [5.74, 6) is -1.50. The molecule has 7 nitrogen and oxygen atoms in total. The maximum atomic E-state index is 13.1. The van der Waals surface area contributed by atoms with E-state index in [1.165, 1.54) is 0 Å². The van der Waals surface area contributed by atoms with E-state index < -0.39 is 35.6 Å². The number of aryl methyl sites for hydroxylation is 1. The van der Waals surface area contributed by atoms with E-state index in [9.17, 15) is 19.8 Å². The Morgan fingerprint density at radius 3 is 2.56 bits per heavy atom. The van der Waals surface area contributed by atoms with Crippen LogP contribution in [0.15, 0.2) is 11.0 Å². The van der Waals surface area contributed by atoms with Crippen LogP contribution in [0.3, 0.4) is 0 Å². The highest BCUT2D eigenvalue weighted by molar-refractivity contribution is 7.09. The molecule has 0 aromatic carbocycles. The lowest BCUT2D eigenvalue weighted by Gasteiger charge is -2.34. The SMILES string of the molecule is C/C(=C\c1csc(C)n1)[C@H]1C[C@H]2OC(=O)C[C@H](O)C(C)(C)C(=O)[C@H](C)[C@@H](O)[C@@H](C)CCC[C@H]2O1. The van der Waals surface area contributed by atoms with E-state index >= 15 is 0 Å². The number of esters is 1. The largest absolute Gasteiger partial charge is 0.459 e. The summed E-state index contributed by atoms with van der Waals surface area (Å²) < 4.78 is 12.1. The number of aliphatic hydroxyl groups is 2. The van der Waals surface area contributed by atoms with Crippen molar-refractivity contribution >= 4 is 29.2 Å². The van der Waals surface area contributed by atoms with Gasteiger partial charge in [0.25, 0.3) is 0 Å². The Morgan fingerprint density at radius 1 is 1.21 bits per heavy atom. The number of carbonyl (C=O) groups is 2. The lowest BCUT2D eigenvalue weighted by atomic mass is 9.73. The van der Waals surface area contributed by atoms with Crippen LogP contribution in [0.5, 0.6) is 0 Å². The molecule has 2 N–H and O–H groups in total. The van der Waals surface area contributed by atoms with Gasteiger partial charge >= 0.3 is 5.97 Å². The highest BCUT2D eigenvalue weighted by Crippen LogP contribution is 2.35. The summed E-state index contributed by atoms with van der Waals surface area (Å²) >= 11 is 1.59. The third-order valence-corrected chi connectivity index (χ3v) is 8.28. The molecule has 8 heteroatoms. The first kappa shape index (κ1) is 27.0. The number of hydrogen-bond acceptors (Lipinski definition) is 8. The number of nitrogens with zero attached hydrogens (tertiary/aromatic N) is 1. The molecule has 3 rings (SSSR count). The van der Waals surface area contributed by atoms with Gasteiger partial charge in [0.05, 0.1) is 47.0 Å². The minimum Gasteiger partial charge on any atom is -0.459 e. The Bertz CT molecular complexity index is 909. The summed E-state index contributed by atoms with van der Waals surface area (Å²) in [6, 6.07) is 0. The zero-order chi connectivity index (χ0) is 25.2. The molecule has 2 saturated heterocycles. The van der Waals surface area contributed by atoms with Crippen molar-refractivity contribution in [2.45, 2.75) is 104 Å². The van der Waals surface area contributed by atoms with Gasteiger partial charge in [-0.05, 0) is 44.3 Å². The Balaban J connectivity index is 1.79. The van der Waals surface area contributed by atoms with Crippen LogP contribution in [-0.4, -0.2) is 57.5 Å². The van der Waals surface area contributed by atoms with Crippen LogP contribution in [0.2, 0.25) is 0 Å². The van der Waals surface area contributed by atoms with Crippen molar-refractivity contribution in [1.29, 1.82) is 0 Å². The predicted molar refractivity (Wildman–Crippen MR) is 131 cm³/mol. The minimum absolute atomic E-state index is 0.0810. The van der Waals surface area contributed by atoms with Crippen molar-refractivity contribution in [3.05, 3.63) is 21.7 Å². The number of hydrogen-bond donors (Lipinski definition) is 2. The third kappa shape index (κ3) is 6.14. The van der Waals surface area contributed by atoms with Crippen molar-refractivity contribution in [2.75, 3.05) is 0 Å². The summed E-state index contributed by atoms with van der Waals surface area (Å²) in [7, 11) is 0. The van der Waals surface area contributed by atoms with Gasteiger partial charge in [0.2, 0.25) is 0 Å². The average Bonchev–Trinajstić information content (AvgIpc) is 3.36. The van der Waals surface area contributed by atoms with Gasteiger partial charge in [0, 0.05) is 17.7 Å². The van der Waals surface area contributed by atoms with Gasteiger partial charge in [0.1, 0.15) is 11.9 Å². The molecule has 2 fully saturated rings. The topological polar surface area (TPSA) is 106 Å². The van der Waals surface area contributed by atoms with Crippen molar-refractivity contribution in [2.24, 2.45) is 17.3 Å². The molecule has 0 spiro atoms. The number of aliphatic hydroxyl groups excluding tert-OH is 2. The molecule has 0 unspecified atom stereocenters. The standard InChI is InChI=1S/C26H39NO6S/c1-14-8-7-9-19-21(11-20(32-19)15(2)10-18-13-34-17(4)27-18)33-23(29)12-22(28)26(5,6)25(31)16(3)24(14)30/h10,13-14,16,19-22,24,28,30H,7-9,11-12H2,1-6H3/b15-10+/t14-,16+,19+,20+,21+,22-,24-/m0/s1. The summed E-state index contributed by atoms with van der Waals surface area (Å²) in [6.45, 7) is 10.9. The fourth-order valence-corrected chi connectivity index (χ4v) is 5.57. The smallest absolute Gasteiger partial charge is 0.308 e. The van der Waals surface area contributed by atoms with E-state index in [1.807, 2.05) is 32.2 Å². The van der Waals surface area contributed by atoms with Crippen LogP contribution >= 0.6 is 11.3 Å². The first-order valence-corrected chi connectivity index (χ1v) is 13.1. The normalized spacial score (nSPS) is 36.0. The highest BCUT2D eigenvalue weighted by atomic mass is 32.1. The van der Waals surface area contributed by atoms with Gasteiger partial charge in [0.15, 0.2) is 0 Å². The van der Waals surface area contributed by atoms with Crippen molar-refractivity contribution in [3.63, 3.8) is 0 Å². The van der Waals surface area contributed by atoms with Gasteiger partial charge < -0.3 is 19.7 Å². The fourth-order valence-electron chi connectivity index (χ4n) is 5.00. The van der Waals surface area contributed by atoms with Gasteiger partial charge in [-0.15, -0.1) is 11.3 Å². The second-order valence-electron chi connectivity index (χ2n) is 10.6. The predicted octanol–water partition coefficient (Wildman–Crippen LogP) is 4.09. The molecule has 0 amide bonds. The second kappa shape index (κ2) is 11.0. The Hall–Kier alpha value is -1.61. The van der Waals surface area contributed by atoms with E-state index in [2.05, 4.69) is 4.98 Å². The number of fused-ring (bicyclic) bond motifs is 1. The number of thiazole rings is 1. The molecule has 0 saturated carbocycles.